The van der Waals surface area contributed by atoms with Gasteiger partial charge in [0.15, 0.2) is 0 Å². The van der Waals surface area contributed by atoms with Crippen molar-refractivity contribution in [3.05, 3.63) is 89.1 Å². The fraction of sp³-hybridized carbons (Fsp3) is 0.250. The number of rotatable bonds is 6. The Morgan fingerprint density at radius 3 is 2.03 bits per heavy atom. The number of hydrogen-bond donors (Lipinski definition) is 1. The van der Waals surface area contributed by atoms with E-state index in [9.17, 15) is 9.59 Å². The lowest BCUT2D eigenvalue weighted by Crippen LogP contribution is -2.28. The van der Waals surface area contributed by atoms with Crippen LogP contribution < -0.4 is 0 Å². The van der Waals surface area contributed by atoms with Gasteiger partial charge < -0.3 is 19.5 Å². The molecular formula is C24H27NO5. The van der Waals surface area contributed by atoms with Gasteiger partial charge in [-0.25, -0.2) is 9.59 Å². The molecule has 0 atom stereocenters. The summed E-state index contributed by atoms with van der Waals surface area (Å²) in [5.74, 6) is -0.892. The van der Waals surface area contributed by atoms with E-state index in [4.69, 9.17) is 14.6 Å². The van der Waals surface area contributed by atoms with E-state index in [-0.39, 0.29) is 6.42 Å². The summed E-state index contributed by atoms with van der Waals surface area (Å²) in [4.78, 5) is 26.7. The second-order valence-corrected chi connectivity index (χ2v) is 6.44. The normalized spacial score (nSPS) is 13.1. The first-order valence-electron chi connectivity index (χ1n) is 9.55. The van der Waals surface area contributed by atoms with E-state index in [0.29, 0.717) is 17.7 Å². The number of aliphatic hydroxyl groups excluding tert-OH is 1. The smallest absolute Gasteiger partial charge is 0.336 e. The summed E-state index contributed by atoms with van der Waals surface area (Å²) in [6.45, 7) is 0.606. The Morgan fingerprint density at radius 1 is 0.900 bits per heavy atom. The van der Waals surface area contributed by atoms with Crippen molar-refractivity contribution in [2.24, 2.45) is 0 Å². The van der Waals surface area contributed by atoms with Crippen molar-refractivity contribution in [3.63, 3.8) is 0 Å². The van der Waals surface area contributed by atoms with Crippen LogP contribution in [0.15, 0.2) is 78.0 Å². The number of carbonyl (C=O) groups excluding carboxylic acids is 2. The maximum atomic E-state index is 12.5. The molecule has 30 heavy (non-hydrogen) atoms. The molecule has 0 radical (unpaired) electrons. The molecule has 0 spiro atoms. The van der Waals surface area contributed by atoms with Crippen LogP contribution in [0, 0.1) is 0 Å². The predicted molar refractivity (Wildman–Crippen MR) is 115 cm³/mol. The quantitative estimate of drug-likeness (QED) is 0.739. The van der Waals surface area contributed by atoms with Crippen LogP contribution in [0.3, 0.4) is 0 Å². The topological polar surface area (TPSA) is 76.1 Å². The standard InChI is InChI=1S/C23H23NO4.CH4O/c1-27-22(25)19-15-20(23(26)28-2)21(18-11-7-4-8-12-18)24(16-19)14-13-17-9-5-3-6-10-17;1-2/h3-12,16H,13-15H2,1-2H3;2H,1H3. The number of carbonyl (C=O) groups is 2. The molecule has 6 nitrogen and oxygen atoms in total. The largest absolute Gasteiger partial charge is 0.466 e. The third kappa shape index (κ3) is 5.58. The third-order valence-electron chi connectivity index (χ3n) is 4.66. The minimum atomic E-state index is -0.446. The molecule has 0 amide bonds. The summed E-state index contributed by atoms with van der Waals surface area (Å²) in [7, 11) is 3.69. The van der Waals surface area contributed by atoms with Crippen LogP contribution >= 0.6 is 0 Å². The highest BCUT2D eigenvalue weighted by molar-refractivity contribution is 6.02. The highest BCUT2D eigenvalue weighted by Gasteiger charge is 2.29. The Kier molecular flexibility index (Phi) is 8.84. The third-order valence-corrected chi connectivity index (χ3v) is 4.66. The van der Waals surface area contributed by atoms with Gasteiger partial charge in [-0.1, -0.05) is 60.7 Å². The zero-order chi connectivity index (χ0) is 21.9. The van der Waals surface area contributed by atoms with Gasteiger partial charge in [-0.3, -0.25) is 0 Å². The maximum Gasteiger partial charge on any atom is 0.336 e. The van der Waals surface area contributed by atoms with Gasteiger partial charge in [-0.2, -0.15) is 0 Å². The lowest BCUT2D eigenvalue weighted by Gasteiger charge is -2.31. The summed E-state index contributed by atoms with van der Waals surface area (Å²) in [5.41, 5.74) is 3.71. The van der Waals surface area contributed by atoms with Crippen molar-refractivity contribution in [1.29, 1.82) is 0 Å². The Labute approximate surface area is 177 Å². The van der Waals surface area contributed by atoms with Gasteiger partial charge in [-0.05, 0) is 17.5 Å². The Bertz CT molecular complexity index is 904. The highest BCUT2D eigenvalue weighted by Crippen LogP contribution is 2.33. The monoisotopic (exact) mass is 409 g/mol. The minimum Gasteiger partial charge on any atom is -0.466 e. The molecule has 0 aliphatic carbocycles. The summed E-state index contributed by atoms with van der Waals surface area (Å²) in [6, 6.07) is 19.8. The molecule has 2 aromatic carbocycles. The van der Waals surface area contributed by atoms with E-state index in [2.05, 4.69) is 12.1 Å². The first-order valence-corrected chi connectivity index (χ1v) is 9.55. The van der Waals surface area contributed by atoms with Gasteiger partial charge in [0.1, 0.15) is 0 Å². The van der Waals surface area contributed by atoms with E-state index in [1.54, 1.807) is 6.20 Å². The minimum absolute atomic E-state index is 0.172. The van der Waals surface area contributed by atoms with Gasteiger partial charge >= 0.3 is 11.9 Å². The lowest BCUT2D eigenvalue weighted by atomic mass is 9.95. The molecule has 0 unspecified atom stereocenters. The maximum absolute atomic E-state index is 12.5. The summed E-state index contributed by atoms with van der Waals surface area (Å²) in [5, 5.41) is 7.00. The molecule has 0 bridgehead atoms. The first kappa shape index (κ1) is 22.9. The fourth-order valence-electron chi connectivity index (χ4n) is 3.30. The van der Waals surface area contributed by atoms with Crippen LogP contribution in [-0.2, 0) is 25.5 Å². The number of ether oxygens (including phenoxy) is 2. The molecular weight excluding hydrogens is 382 g/mol. The first-order chi connectivity index (χ1) is 14.6. The number of aliphatic hydroxyl groups is 1. The number of nitrogens with zero attached hydrogens (tertiary/aromatic N) is 1. The summed E-state index contributed by atoms with van der Waals surface area (Å²) in [6.07, 6.45) is 2.71. The van der Waals surface area contributed by atoms with Crippen LogP contribution in [0.2, 0.25) is 0 Å². The highest BCUT2D eigenvalue weighted by atomic mass is 16.5. The molecule has 3 rings (SSSR count). The average molecular weight is 409 g/mol. The van der Waals surface area contributed by atoms with Gasteiger partial charge in [-0.15, -0.1) is 0 Å². The van der Waals surface area contributed by atoms with E-state index in [0.717, 1.165) is 24.8 Å². The molecule has 0 aromatic heterocycles. The molecule has 0 fully saturated rings. The Balaban J connectivity index is 0.00000155. The van der Waals surface area contributed by atoms with Crippen molar-refractivity contribution in [1.82, 2.24) is 4.90 Å². The zero-order valence-corrected chi connectivity index (χ0v) is 17.5. The second kappa shape index (κ2) is 11.6. The molecule has 1 heterocycles. The lowest BCUT2D eigenvalue weighted by molar-refractivity contribution is -0.136. The Morgan fingerprint density at radius 2 is 1.47 bits per heavy atom. The zero-order valence-electron chi connectivity index (χ0n) is 17.5. The van der Waals surface area contributed by atoms with Gasteiger partial charge in [0.25, 0.3) is 0 Å². The number of hydrogen-bond acceptors (Lipinski definition) is 6. The average Bonchev–Trinajstić information content (AvgIpc) is 2.83. The molecule has 1 N–H and O–H groups in total. The summed E-state index contributed by atoms with van der Waals surface area (Å²) >= 11 is 0. The number of esters is 2. The van der Waals surface area contributed by atoms with Crippen LogP contribution in [-0.4, -0.2) is 49.8 Å². The number of methoxy groups -OCH3 is 2. The van der Waals surface area contributed by atoms with Crippen LogP contribution in [0.25, 0.3) is 5.70 Å². The molecule has 0 saturated carbocycles. The number of benzene rings is 2. The van der Waals surface area contributed by atoms with Gasteiger partial charge in [0, 0.05) is 26.3 Å². The van der Waals surface area contributed by atoms with Crippen LogP contribution in [0.5, 0.6) is 0 Å². The molecule has 2 aromatic rings. The fourth-order valence-corrected chi connectivity index (χ4v) is 3.30. The van der Waals surface area contributed by atoms with Crippen molar-refractivity contribution >= 4 is 17.6 Å². The van der Waals surface area contributed by atoms with Crippen molar-refractivity contribution < 1.29 is 24.2 Å². The van der Waals surface area contributed by atoms with Crippen molar-refractivity contribution in [2.45, 2.75) is 12.8 Å². The van der Waals surface area contributed by atoms with E-state index < -0.39 is 11.9 Å². The van der Waals surface area contributed by atoms with Crippen LogP contribution in [0.4, 0.5) is 0 Å². The molecule has 1 aliphatic heterocycles. The van der Waals surface area contributed by atoms with E-state index in [1.165, 1.54) is 19.8 Å². The SMILES string of the molecule is CO.COC(=O)C1=CN(CCc2ccccc2)C(c2ccccc2)=C(C(=O)OC)C1. The van der Waals surface area contributed by atoms with Gasteiger partial charge in [0.2, 0.25) is 0 Å². The van der Waals surface area contributed by atoms with Gasteiger partial charge in [0.05, 0.1) is 31.1 Å². The molecule has 158 valence electrons. The van der Waals surface area contributed by atoms with Crippen molar-refractivity contribution in [2.75, 3.05) is 27.9 Å². The van der Waals surface area contributed by atoms with E-state index in [1.807, 2.05) is 53.4 Å². The second-order valence-electron chi connectivity index (χ2n) is 6.44. The van der Waals surface area contributed by atoms with Crippen LogP contribution in [0.1, 0.15) is 17.5 Å². The van der Waals surface area contributed by atoms with Crippen molar-refractivity contribution in [3.8, 4) is 0 Å². The molecule has 1 aliphatic rings. The molecule has 6 heteroatoms. The summed E-state index contributed by atoms with van der Waals surface area (Å²) < 4.78 is 9.91. The Hall–Kier alpha value is -3.38. The molecule has 0 saturated heterocycles. The predicted octanol–water partition coefficient (Wildman–Crippen LogP) is 3.18. The van der Waals surface area contributed by atoms with E-state index >= 15 is 0 Å².